The SMILES string of the molecule is Cc1cc(Br)c(NC(=O)c2ccccc2Br)cc1N. The number of anilines is 2. The van der Waals surface area contributed by atoms with Gasteiger partial charge in [0.1, 0.15) is 0 Å². The summed E-state index contributed by atoms with van der Waals surface area (Å²) in [4.78, 5) is 12.2. The fraction of sp³-hybridized carbons (Fsp3) is 0.0714. The van der Waals surface area contributed by atoms with Gasteiger partial charge in [-0.1, -0.05) is 12.1 Å². The quantitative estimate of drug-likeness (QED) is 0.757. The van der Waals surface area contributed by atoms with Crippen LogP contribution in [0.25, 0.3) is 0 Å². The monoisotopic (exact) mass is 382 g/mol. The summed E-state index contributed by atoms with van der Waals surface area (Å²) in [5.74, 6) is -0.184. The van der Waals surface area contributed by atoms with Gasteiger partial charge in [0.25, 0.3) is 5.91 Å². The van der Waals surface area contributed by atoms with E-state index in [-0.39, 0.29) is 5.91 Å². The average molecular weight is 384 g/mol. The van der Waals surface area contributed by atoms with Crippen LogP contribution in [0.2, 0.25) is 0 Å². The molecular formula is C14H12Br2N2O. The van der Waals surface area contributed by atoms with Crippen LogP contribution in [0, 0.1) is 6.92 Å². The van der Waals surface area contributed by atoms with E-state index in [1.165, 1.54) is 0 Å². The van der Waals surface area contributed by atoms with Crippen molar-refractivity contribution < 1.29 is 4.79 Å². The lowest BCUT2D eigenvalue weighted by atomic mass is 10.1. The number of amides is 1. The van der Waals surface area contributed by atoms with Gasteiger partial charge in [0.15, 0.2) is 0 Å². The molecule has 0 aliphatic rings. The number of hydrogen-bond donors (Lipinski definition) is 2. The highest BCUT2D eigenvalue weighted by Gasteiger charge is 2.12. The van der Waals surface area contributed by atoms with Crippen LogP contribution in [0.3, 0.4) is 0 Å². The number of nitrogen functional groups attached to an aromatic ring is 1. The third-order valence-corrected chi connectivity index (χ3v) is 4.07. The van der Waals surface area contributed by atoms with Crippen LogP contribution in [-0.2, 0) is 0 Å². The second-order valence-corrected chi connectivity index (χ2v) is 5.83. The molecule has 0 saturated carbocycles. The Morgan fingerprint density at radius 3 is 2.53 bits per heavy atom. The van der Waals surface area contributed by atoms with Gasteiger partial charge < -0.3 is 11.1 Å². The molecular weight excluding hydrogens is 372 g/mol. The Morgan fingerprint density at radius 1 is 1.16 bits per heavy atom. The molecule has 0 radical (unpaired) electrons. The summed E-state index contributed by atoms with van der Waals surface area (Å²) in [5, 5.41) is 2.84. The molecule has 3 nitrogen and oxygen atoms in total. The molecule has 0 aromatic heterocycles. The minimum Gasteiger partial charge on any atom is -0.398 e. The van der Waals surface area contributed by atoms with Gasteiger partial charge in [-0.15, -0.1) is 0 Å². The minimum absolute atomic E-state index is 0.184. The molecule has 0 saturated heterocycles. The van der Waals surface area contributed by atoms with Crippen molar-refractivity contribution >= 4 is 49.1 Å². The van der Waals surface area contributed by atoms with Gasteiger partial charge in [0, 0.05) is 14.6 Å². The first-order valence-corrected chi connectivity index (χ1v) is 7.19. The van der Waals surface area contributed by atoms with E-state index in [4.69, 9.17) is 5.73 Å². The second-order valence-electron chi connectivity index (χ2n) is 4.12. The Kier molecular flexibility index (Phi) is 4.27. The van der Waals surface area contributed by atoms with Crippen LogP contribution in [0.5, 0.6) is 0 Å². The number of halogens is 2. The van der Waals surface area contributed by atoms with Gasteiger partial charge >= 0.3 is 0 Å². The van der Waals surface area contributed by atoms with E-state index in [0.29, 0.717) is 16.9 Å². The lowest BCUT2D eigenvalue weighted by molar-refractivity contribution is 0.102. The van der Waals surface area contributed by atoms with Crippen LogP contribution in [0.1, 0.15) is 15.9 Å². The van der Waals surface area contributed by atoms with Crippen LogP contribution >= 0.6 is 31.9 Å². The van der Waals surface area contributed by atoms with Crippen LogP contribution in [0.15, 0.2) is 45.3 Å². The Labute approximate surface area is 128 Å². The van der Waals surface area contributed by atoms with Crippen molar-refractivity contribution in [2.75, 3.05) is 11.1 Å². The molecule has 0 atom stereocenters. The standard InChI is InChI=1S/C14H12Br2N2O/c1-8-6-11(16)13(7-12(8)17)18-14(19)9-4-2-3-5-10(9)15/h2-7H,17H2,1H3,(H,18,19). The highest BCUT2D eigenvalue weighted by molar-refractivity contribution is 9.11. The van der Waals surface area contributed by atoms with E-state index >= 15 is 0 Å². The van der Waals surface area contributed by atoms with E-state index in [2.05, 4.69) is 37.2 Å². The topological polar surface area (TPSA) is 55.1 Å². The smallest absolute Gasteiger partial charge is 0.256 e. The van der Waals surface area contributed by atoms with E-state index < -0.39 is 0 Å². The van der Waals surface area contributed by atoms with Crippen molar-refractivity contribution in [1.29, 1.82) is 0 Å². The van der Waals surface area contributed by atoms with E-state index in [9.17, 15) is 4.79 Å². The number of nitrogens with one attached hydrogen (secondary N) is 1. The third-order valence-electron chi connectivity index (χ3n) is 2.72. The van der Waals surface area contributed by atoms with Gasteiger partial charge in [-0.3, -0.25) is 4.79 Å². The Bertz CT molecular complexity index is 641. The van der Waals surface area contributed by atoms with Crippen LogP contribution in [-0.4, -0.2) is 5.91 Å². The maximum atomic E-state index is 12.2. The highest BCUT2D eigenvalue weighted by atomic mass is 79.9. The highest BCUT2D eigenvalue weighted by Crippen LogP contribution is 2.28. The number of carbonyl (C=O) groups is 1. The minimum atomic E-state index is -0.184. The van der Waals surface area contributed by atoms with Gasteiger partial charge in [-0.25, -0.2) is 0 Å². The number of aryl methyl sites for hydroxylation is 1. The first-order chi connectivity index (χ1) is 8.99. The summed E-state index contributed by atoms with van der Waals surface area (Å²) in [6.07, 6.45) is 0. The lowest BCUT2D eigenvalue weighted by Gasteiger charge is -2.11. The summed E-state index contributed by atoms with van der Waals surface area (Å²) < 4.78 is 1.56. The summed E-state index contributed by atoms with van der Waals surface area (Å²) in [5.41, 5.74) is 8.69. The fourth-order valence-corrected chi connectivity index (χ4v) is 2.64. The molecule has 19 heavy (non-hydrogen) atoms. The Morgan fingerprint density at radius 2 is 1.84 bits per heavy atom. The molecule has 2 aromatic rings. The summed E-state index contributed by atoms with van der Waals surface area (Å²) >= 11 is 6.78. The zero-order valence-corrected chi connectivity index (χ0v) is 13.4. The fourth-order valence-electron chi connectivity index (χ4n) is 1.62. The van der Waals surface area contributed by atoms with Crippen LogP contribution in [0.4, 0.5) is 11.4 Å². The maximum Gasteiger partial charge on any atom is 0.256 e. The largest absolute Gasteiger partial charge is 0.398 e. The predicted molar refractivity (Wildman–Crippen MR) is 85.4 cm³/mol. The molecule has 5 heteroatoms. The molecule has 1 amide bonds. The maximum absolute atomic E-state index is 12.2. The molecule has 0 fully saturated rings. The molecule has 0 unspecified atom stereocenters. The van der Waals surface area contributed by atoms with E-state index in [1.807, 2.05) is 31.2 Å². The summed E-state index contributed by atoms with van der Waals surface area (Å²) in [6, 6.07) is 10.9. The summed E-state index contributed by atoms with van der Waals surface area (Å²) in [7, 11) is 0. The zero-order valence-electron chi connectivity index (χ0n) is 10.2. The predicted octanol–water partition coefficient (Wildman–Crippen LogP) is 4.35. The Balaban J connectivity index is 2.30. The number of nitrogens with two attached hydrogens (primary N) is 1. The average Bonchev–Trinajstić information content (AvgIpc) is 2.36. The molecule has 0 aliphatic heterocycles. The van der Waals surface area contributed by atoms with Crippen molar-refractivity contribution in [2.24, 2.45) is 0 Å². The first-order valence-electron chi connectivity index (χ1n) is 5.60. The summed E-state index contributed by atoms with van der Waals surface area (Å²) in [6.45, 7) is 1.92. The number of rotatable bonds is 2. The molecule has 0 spiro atoms. The van der Waals surface area contributed by atoms with Crippen molar-refractivity contribution in [2.45, 2.75) is 6.92 Å². The molecule has 0 heterocycles. The molecule has 98 valence electrons. The van der Waals surface area contributed by atoms with Gasteiger partial charge in [0.2, 0.25) is 0 Å². The number of carbonyl (C=O) groups excluding carboxylic acids is 1. The first kappa shape index (κ1) is 14.1. The van der Waals surface area contributed by atoms with Crippen LogP contribution < -0.4 is 11.1 Å². The zero-order chi connectivity index (χ0) is 14.0. The van der Waals surface area contributed by atoms with Crippen molar-refractivity contribution in [3.8, 4) is 0 Å². The lowest BCUT2D eigenvalue weighted by Crippen LogP contribution is -2.13. The number of hydrogen-bond acceptors (Lipinski definition) is 2. The van der Waals surface area contributed by atoms with Gasteiger partial charge in [0.05, 0.1) is 11.3 Å². The van der Waals surface area contributed by atoms with E-state index in [1.54, 1.807) is 12.1 Å². The second kappa shape index (κ2) is 5.75. The van der Waals surface area contributed by atoms with Gasteiger partial charge in [-0.2, -0.15) is 0 Å². The van der Waals surface area contributed by atoms with Crippen molar-refractivity contribution in [3.05, 3.63) is 56.5 Å². The van der Waals surface area contributed by atoms with E-state index in [0.717, 1.165) is 14.5 Å². The van der Waals surface area contributed by atoms with Crippen molar-refractivity contribution in [1.82, 2.24) is 0 Å². The molecule has 0 aliphatic carbocycles. The Hall–Kier alpha value is -1.33. The third kappa shape index (κ3) is 3.16. The molecule has 3 N–H and O–H groups in total. The van der Waals surface area contributed by atoms with Crippen molar-refractivity contribution in [3.63, 3.8) is 0 Å². The van der Waals surface area contributed by atoms with Gasteiger partial charge in [-0.05, 0) is 68.6 Å². The normalized spacial score (nSPS) is 10.3. The number of benzene rings is 2. The molecule has 2 aromatic carbocycles. The molecule has 2 rings (SSSR count). The molecule has 0 bridgehead atoms.